The maximum Gasteiger partial charge on any atom is 0.140 e. The van der Waals surface area contributed by atoms with Gasteiger partial charge in [0.15, 0.2) is 0 Å². The first kappa shape index (κ1) is 12.1. The van der Waals surface area contributed by atoms with E-state index in [-0.39, 0.29) is 6.04 Å². The van der Waals surface area contributed by atoms with Gasteiger partial charge in [-0.15, -0.1) is 0 Å². The Morgan fingerprint density at radius 1 is 1.23 bits per heavy atom. The molecule has 1 aromatic carbocycles. The molecule has 4 N–H and O–H groups in total. The van der Waals surface area contributed by atoms with Crippen LogP contribution in [0, 0.1) is 0 Å². The summed E-state index contributed by atoms with van der Waals surface area (Å²) in [6.45, 7) is 1.27. The van der Waals surface area contributed by atoms with Crippen molar-refractivity contribution in [1.82, 2.24) is 0 Å². The molecule has 13 heavy (non-hydrogen) atoms. The molecule has 0 aliphatic rings. The molecule has 0 aliphatic carbocycles. The van der Waals surface area contributed by atoms with E-state index in [0.717, 1.165) is 6.42 Å². The Hall–Kier alpha value is -0.900. The Kier molecular flexibility index (Phi) is 7.20. The highest BCUT2D eigenvalue weighted by Crippen LogP contribution is 2.00. The smallest absolute Gasteiger partial charge is 0.140 e. The van der Waals surface area contributed by atoms with Crippen LogP contribution in [0.1, 0.15) is 12.5 Å². The molecule has 0 aliphatic heterocycles. The van der Waals surface area contributed by atoms with Crippen molar-refractivity contribution < 1.29 is 10.2 Å². The van der Waals surface area contributed by atoms with Gasteiger partial charge in [-0.1, -0.05) is 30.3 Å². The highest BCUT2D eigenvalue weighted by atomic mass is 16.5. The van der Waals surface area contributed by atoms with E-state index in [4.69, 9.17) is 15.9 Å². The van der Waals surface area contributed by atoms with Crippen LogP contribution >= 0.6 is 0 Å². The molecule has 0 saturated heterocycles. The lowest BCUT2D eigenvalue weighted by Crippen LogP contribution is -2.17. The minimum atomic E-state index is -0.750. The Bertz CT molecular complexity index is 199. The SMILES string of the molecule is CC(N)Cc1ccccc1.OCO. The number of aliphatic hydroxyl groups excluding tert-OH is 1. The minimum absolute atomic E-state index is 0.266. The maximum absolute atomic E-state index is 7.12. The fraction of sp³-hybridized carbons (Fsp3) is 0.400. The summed E-state index contributed by atoms with van der Waals surface area (Å²) in [7, 11) is 0. The number of nitrogens with two attached hydrogens (primary N) is 1. The lowest BCUT2D eigenvalue weighted by molar-refractivity contribution is 0.0773. The first-order chi connectivity index (χ1) is 6.20. The Morgan fingerprint density at radius 3 is 2.08 bits per heavy atom. The van der Waals surface area contributed by atoms with E-state index in [2.05, 4.69) is 12.1 Å². The fourth-order valence-electron chi connectivity index (χ4n) is 0.986. The fourth-order valence-corrected chi connectivity index (χ4v) is 0.986. The van der Waals surface area contributed by atoms with E-state index in [1.54, 1.807) is 0 Å². The van der Waals surface area contributed by atoms with Crippen molar-refractivity contribution in [3.05, 3.63) is 35.9 Å². The van der Waals surface area contributed by atoms with Gasteiger partial charge in [-0.2, -0.15) is 0 Å². The van der Waals surface area contributed by atoms with Gasteiger partial charge in [-0.25, -0.2) is 0 Å². The molecule has 0 amide bonds. The molecule has 1 aromatic rings. The molecule has 0 bridgehead atoms. The lowest BCUT2D eigenvalue weighted by Gasteiger charge is -2.02. The number of benzene rings is 1. The number of hydrogen-bond donors (Lipinski definition) is 3. The van der Waals surface area contributed by atoms with E-state index in [9.17, 15) is 0 Å². The third-order valence-corrected chi connectivity index (χ3v) is 1.40. The first-order valence-corrected chi connectivity index (χ1v) is 4.22. The van der Waals surface area contributed by atoms with Crippen molar-refractivity contribution in [2.45, 2.75) is 19.4 Å². The Morgan fingerprint density at radius 2 is 1.69 bits per heavy atom. The van der Waals surface area contributed by atoms with Gasteiger partial charge in [0.2, 0.25) is 0 Å². The molecule has 1 unspecified atom stereocenters. The van der Waals surface area contributed by atoms with Gasteiger partial charge in [-0.05, 0) is 18.9 Å². The molecular weight excluding hydrogens is 166 g/mol. The van der Waals surface area contributed by atoms with Gasteiger partial charge < -0.3 is 15.9 Å². The van der Waals surface area contributed by atoms with E-state index in [1.165, 1.54) is 5.56 Å². The molecular formula is C10H17NO2. The quantitative estimate of drug-likeness (QED) is 0.585. The molecule has 74 valence electrons. The Balaban J connectivity index is 0.000000424. The summed E-state index contributed by atoms with van der Waals surface area (Å²) in [5.41, 5.74) is 6.94. The van der Waals surface area contributed by atoms with Crippen LogP contribution in [0.3, 0.4) is 0 Å². The predicted molar refractivity (Wildman–Crippen MR) is 53.1 cm³/mol. The normalized spacial score (nSPS) is 11.4. The number of aliphatic hydroxyl groups is 2. The van der Waals surface area contributed by atoms with Crippen molar-refractivity contribution in [3.8, 4) is 0 Å². The van der Waals surface area contributed by atoms with Crippen LogP contribution in [-0.4, -0.2) is 23.0 Å². The molecule has 1 rings (SSSR count). The average Bonchev–Trinajstić information content (AvgIpc) is 2.06. The zero-order chi connectivity index (χ0) is 10.1. The van der Waals surface area contributed by atoms with E-state index < -0.39 is 6.79 Å². The zero-order valence-corrected chi connectivity index (χ0v) is 7.85. The van der Waals surface area contributed by atoms with Crippen LogP contribution in [0.4, 0.5) is 0 Å². The van der Waals surface area contributed by atoms with Crippen LogP contribution in [0.5, 0.6) is 0 Å². The van der Waals surface area contributed by atoms with Crippen LogP contribution in [0.15, 0.2) is 30.3 Å². The van der Waals surface area contributed by atoms with Gasteiger partial charge in [0, 0.05) is 6.04 Å². The van der Waals surface area contributed by atoms with E-state index >= 15 is 0 Å². The first-order valence-electron chi connectivity index (χ1n) is 4.22. The third kappa shape index (κ3) is 7.46. The summed E-state index contributed by atoms with van der Waals surface area (Å²) in [5, 5.41) is 14.2. The molecule has 3 heteroatoms. The minimum Gasteiger partial charge on any atom is -0.371 e. The molecule has 0 heterocycles. The largest absolute Gasteiger partial charge is 0.371 e. The maximum atomic E-state index is 7.12. The van der Waals surface area contributed by atoms with Crippen molar-refractivity contribution in [2.75, 3.05) is 6.79 Å². The van der Waals surface area contributed by atoms with Crippen LogP contribution < -0.4 is 5.73 Å². The monoisotopic (exact) mass is 183 g/mol. The average molecular weight is 183 g/mol. The van der Waals surface area contributed by atoms with Gasteiger partial charge in [0.05, 0.1) is 0 Å². The summed E-state index contributed by atoms with van der Waals surface area (Å²) in [4.78, 5) is 0. The highest BCUT2D eigenvalue weighted by Gasteiger charge is 1.94. The summed E-state index contributed by atoms with van der Waals surface area (Å²) in [6.07, 6.45) is 0.973. The van der Waals surface area contributed by atoms with Crippen LogP contribution in [0.25, 0.3) is 0 Å². The van der Waals surface area contributed by atoms with E-state index in [0.29, 0.717) is 0 Å². The van der Waals surface area contributed by atoms with Crippen molar-refractivity contribution in [2.24, 2.45) is 5.73 Å². The standard InChI is InChI=1S/C9H13N.CH4O2/c1-8(10)7-9-5-3-2-4-6-9;2-1-3/h2-6,8H,7,10H2,1H3;2-3H,1H2. The summed E-state index contributed by atoms with van der Waals surface area (Å²) < 4.78 is 0. The summed E-state index contributed by atoms with van der Waals surface area (Å²) in [5.74, 6) is 0. The number of rotatable bonds is 2. The number of hydrogen-bond acceptors (Lipinski definition) is 3. The Labute approximate surface area is 78.8 Å². The van der Waals surface area contributed by atoms with Crippen molar-refractivity contribution in [1.29, 1.82) is 0 Å². The molecule has 0 radical (unpaired) electrons. The van der Waals surface area contributed by atoms with Crippen molar-refractivity contribution in [3.63, 3.8) is 0 Å². The molecule has 0 fully saturated rings. The van der Waals surface area contributed by atoms with Gasteiger partial charge in [0.25, 0.3) is 0 Å². The zero-order valence-electron chi connectivity index (χ0n) is 7.85. The van der Waals surface area contributed by atoms with Gasteiger partial charge in [-0.3, -0.25) is 0 Å². The van der Waals surface area contributed by atoms with Crippen LogP contribution in [0.2, 0.25) is 0 Å². The highest BCUT2D eigenvalue weighted by molar-refractivity contribution is 5.15. The topological polar surface area (TPSA) is 66.5 Å². The predicted octanol–water partition coefficient (Wildman–Crippen LogP) is 0.505. The van der Waals surface area contributed by atoms with Gasteiger partial charge in [0.1, 0.15) is 6.79 Å². The summed E-state index contributed by atoms with van der Waals surface area (Å²) in [6, 6.07) is 10.6. The molecule has 0 spiro atoms. The van der Waals surface area contributed by atoms with E-state index in [1.807, 2.05) is 25.1 Å². The second kappa shape index (κ2) is 7.73. The lowest BCUT2D eigenvalue weighted by atomic mass is 10.1. The van der Waals surface area contributed by atoms with Crippen LogP contribution in [-0.2, 0) is 6.42 Å². The molecule has 3 nitrogen and oxygen atoms in total. The van der Waals surface area contributed by atoms with Crippen molar-refractivity contribution >= 4 is 0 Å². The third-order valence-electron chi connectivity index (χ3n) is 1.40. The van der Waals surface area contributed by atoms with Gasteiger partial charge >= 0.3 is 0 Å². The molecule has 0 saturated carbocycles. The second-order valence-electron chi connectivity index (χ2n) is 2.81. The molecule has 0 aromatic heterocycles. The summed E-state index contributed by atoms with van der Waals surface area (Å²) >= 11 is 0. The molecule has 1 atom stereocenters. The second-order valence-corrected chi connectivity index (χ2v) is 2.81.